The third-order valence-corrected chi connectivity index (χ3v) is 4.22. The first-order valence-electron chi connectivity index (χ1n) is 8.51. The van der Waals surface area contributed by atoms with Crippen molar-refractivity contribution in [2.45, 2.75) is 18.9 Å². The minimum absolute atomic E-state index is 0.0764. The first-order valence-corrected chi connectivity index (χ1v) is 8.51. The van der Waals surface area contributed by atoms with Crippen molar-refractivity contribution in [3.8, 4) is 5.69 Å². The van der Waals surface area contributed by atoms with Crippen LogP contribution in [0.4, 0.5) is 5.69 Å². The van der Waals surface area contributed by atoms with E-state index in [4.69, 9.17) is 0 Å². The fraction of sp³-hybridized carbons (Fsp3) is 0.150. The van der Waals surface area contributed by atoms with Crippen LogP contribution in [0.25, 0.3) is 5.69 Å². The van der Waals surface area contributed by atoms with Crippen LogP contribution in [0.15, 0.2) is 67.1 Å². The second-order valence-electron chi connectivity index (χ2n) is 6.26. The molecule has 2 amide bonds. The number of amides is 2. The molecule has 0 unspecified atom stereocenters. The van der Waals surface area contributed by atoms with Gasteiger partial charge >= 0.3 is 0 Å². The van der Waals surface area contributed by atoms with Crippen molar-refractivity contribution in [2.24, 2.45) is 0 Å². The molecule has 1 aliphatic rings. The van der Waals surface area contributed by atoms with Gasteiger partial charge in [-0.2, -0.15) is 0 Å². The van der Waals surface area contributed by atoms with E-state index in [1.54, 1.807) is 35.2 Å². The summed E-state index contributed by atoms with van der Waals surface area (Å²) >= 11 is 0. The summed E-state index contributed by atoms with van der Waals surface area (Å²) in [5, 5.41) is 5.78. The Bertz CT molecular complexity index is 928. The maximum Gasteiger partial charge on any atom is 0.274 e. The Morgan fingerprint density at radius 2 is 1.69 bits per heavy atom. The predicted octanol–water partition coefficient (Wildman–Crippen LogP) is 3.02. The zero-order valence-electron chi connectivity index (χ0n) is 14.1. The molecule has 6 heteroatoms. The molecule has 2 N–H and O–H groups in total. The largest absolute Gasteiger partial charge is 0.349 e. The number of nitrogens with zero attached hydrogens (tertiary/aromatic N) is 2. The highest BCUT2D eigenvalue weighted by Crippen LogP contribution is 2.20. The normalized spacial score (nSPS) is 13.2. The maximum absolute atomic E-state index is 12.6. The number of hydrogen-bond acceptors (Lipinski definition) is 3. The van der Waals surface area contributed by atoms with E-state index in [9.17, 15) is 9.59 Å². The predicted molar refractivity (Wildman–Crippen MR) is 98.4 cm³/mol. The maximum atomic E-state index is 12.6. The molecule has 1 fully saturated rings. The summed E-state index contributed by atoms with van der Waals surface area (Å²) in [5.74, 6) is -0.339. The van der Waals surface area contributed by atoms with E-state index < -0.39 is 0 Å². The van der Waals surface area contributed by atoms with Crippen LogP contribution in [0.5, 0.6) is 0 Å². The van der Waals surface area contributed by atoms with Crippen LogP contribution in [0.3, 0.4) is 0 Å². The average Bonchev–Trinajstić information content (AvgIpc) is 3.34. The van der Waals surface area contributed by atoms with Crippen LogP contribution in [0, 0.1) is 0 Å². The van der Waals surface area contributed by atoms with Crippen LogP contribution in [-0.2, 0) is 0 Å². The number of imidazole rings is 1. The van der Waals surface area contributed by atoms with Crippen molar-refractivity contribution in [1.82, 2.24) is 14.9 Å². The molecule has 0 saturated heterocycles. The van der Waals surface area contributed by atoms with Crippen LogP contribution in [-0.4, -0.2) is 27.4 Å². The van der Waals surface area contributed by atoms with Crippen molar-refractivity contribution < 1.29 is 9.59 Å². The lowest BCUT2D eigenvalue weighted by atomic mass is 10.2. The van der Waals surface area contributed by atoms with Gasteiger partial charge in [0.05, 0.1) is 12.5 Å². The number of benzene rings is 2. The fourth-order valence-corrected chi connectivity index (χ4v) is 2.65. The van der Waals surface area contributed by atoms with E-state index in [-0.39, 0.29) is 11.8 Å². The van der Waals surface area contributed by atoms with Crippen molar-refractivity contribution in [1.29, 1.82) is 0 Å². The van der Waals surface area contributed by atoms with Gasteiger partial charge in [0.15, 0.2) is 0 Å². The monoisotopic (exact) mass is 346 g/mol. The molecule has 130 valence electrons. The lowest BCUT2D eigenvalue weighted by Gasteiger charge is -2.09. The average molecular weight is 346 g/mol. The lowest BCUT2D eigenvalue weighted by molar-refractivity contribution is 0.0950. The molecule has 4 rings (SSSR count). The Hall–Kier alpha value is -3.41. The summed E-state index contributed by atoms with van der Waals surface area (Å²) in [6.07, 6.45) is 5.24. The van der Waals surface area contributed by atoms with Crippen LogP contribution < -0.4 is 10.6 Å². The molecule has 26 heavy (non-hydrogen) atoms. The van der Waals surface area contributed by atoms with Gasteiger partial charge in [0.25, 0.3) is 11.8 Å². The van der Waals surface area contributed by atoms with Gasteiger partial charge in [0.2, 0.25) is 0 Å². The number of rotatable bonds is 5. The number of carbonyl (C=O) groups excluding carboxylic acids is 2. The Kier molecular flexibility index (Phi) is 4.23. The number of hydrogen-bond donors (Lipinski definition) is 2. The Morgan fingerprint density at radius 1 is 0.962 bits per heavy atom. The first kappa shape index (κ1) is 16.1. The second kappa shape index (κ2) is 6.84. The highest BCUT2D eigenvalue weighted by atomic mass is 16.2. The van der Waals surface area contributed by atoms with E-state index in [1.807, 2.05) is 30.3 Å². The van der Waals surface area contributed by atoms with Crippen LogP contribution >= 0.6 is 0 Å². The molecule has 0 bridgehead atoms. The fourth-order valence-electron chi connectivity index (χ4n) is 2.65. The molecule has 1 heterocycles. The number of para-hydroxylation sites is 1. The molecule has 1 saturated carbocycles. The molecule has 0 atom stereocenters. The topological polar surface area (TPSA) is 76.0 Å². The highest BCUT2D eigenvalue weighted by molar-refractivity contribution is 6.03. The van der Waals surface area contributed by atoms with Gasteiger partial charge in [-0.1, -0.05) is 18.2 Å². The standard InChI is InChI=1S/C20H18N4O2/c25-19(22-16-10-11-16)14-6-8-15(9-7-14)23-20(26)18-12-21-13-24(18)17-4-2-1-3-5-17/h1-9,12-13,16H,10-11H2,(H,22,25)(H,23,26). The summed E-state index contributed by atoms with van der Waals surface area (Å²) in [6.45, 7) is 0. The van der Waals surface area contributed by atoms with Gasteiger partial charge in [-0.25, -0.2) is 4.98 Å². The SMILES string of the molecule is O=C(NC1CC1)c1ccc(NC(=O)c2cncn2-c2ccccc2)cc1. The quantitative estimate of drug-likeness (QED) is 0.746. The molecular formula is C20H18N4O2. The zero-order valence-corrected chi connectivity index (χ0v) is 14.1. The summed E-state index contributed by atoms with van der Waals surface area (Å²) in [4.78, 5) is 28.7. The summed E-state index contributed by atoms with van der Waals surface area (Å²) in [7, 11) is 0. The van der Waals surface area contributed by atoms with Gasteiger partial charge in [-0.05, 0) is 49.2 Å². The number of carbonyl (C=O) groups is 2. The van der Waals surface area contributed by atoms with Crippen molar-refractivity contribution in [2.75, 3.05) is 5.32 Å². The van der Waals surface area contributed by atoms with Crippen molar-refractivity contribution in [3.63, 3.8) is 0 Å². The number of aromatic nitrogens is 2. The van der Waals surface area contributed by atoms with E-state index in [2.05, 4.69) is 15.6 Å². The van der Waals surface area contributed by atoms with E-state index in [0.717, 1.165) is 18.5 Å². The van der Waals surface area contributed by atoms with Crippen molar-refractivity contribution >= 4 is 17.5 Å². The first-order chi connectivity index (χ1) is 12.7. The molecule has 1 aliphatic carbocycles. The van der Waals surface area contributed by atoms with Gasteiger partial charge in [0, 0.05) is 23.0 Å². The van der Waals surface area contributed by atoms with Gasteiger partial charge in [0.1, 0.15) is 5.69 Å². The molecule has 0 aliphatic heterocycles. The number of anilines is 1. The Morgan fingerprint density at radius 3 is 2.38 bits per heavy atom. The van der Waals surface area contributed by atoms with Crippen LogP contribution in [0.2, 0.25) is 0 Å². The zero-order chi connectivity index (χ0) is 17.9. The second-order valence-corrected chi connectivity index (χ2v) is 6.26. The Balaban J connectivity index is 1.47. The molecule has 1 aromatic heterocycles. The minimum atomic E-state index is -0.262. The van der Waals surface area contributed by atoms with E-state index >= 15 is 0 Å². The highest BCUT2D eigenvalue weighted by Gasteiger charge is 2.23. The minimum Gasteiger partial charge on any atom is -0.349 e. The lowest BCUT2D eigenvalue weighted by Crippen LogP contribution is -2.25. The summed E-state index contributed by atoms with van der Waals surface area (Å²) in [6, 6.07) is 16.7. The molecule has 3 aromatic rings. The smallest absolute Gasteiger partial charge is 0.274 e. The van der Waals surface area contributed by atoms with Crippen LogP contribution in [0.1, 0.15) is 33.7 Å². The third kappa shape index (κ3) is 3.49. The molecule has 0 spiro atoms. The molecule has 2 aromatic carbocycles. The molecule has 6 nitrogen and oxygen atoms in total. The summed E-state index contributed by atoms with van der Waals surface area (Å²) in [5.41, 5.74) is 2.51. The van der Waals surface area contributed by atoms with E-state index in [1.165, 1.54) is 6.20 Å². The van der Waals surface area contributed by atoms with Gasteiger partial charge in [-0.3, -0.25) is 14.2 Å². The van der Waals surface area contributed by atoms with E-state index in [0.29, 0.717) is 23.0 Å². The molecular weight excluding hydrogens is 328 g/mol. The third-order valence-electron chi connectivity index (χ3n) is 4.22. The number of nitrogens with one attached hydrogen (secondary N) is 2. The summed E-state index contributed by atoms with van der Waals surface area (Å²) < 4.78 is 1.73. The molecule has 0 radical (unpaired) electrons. The Labute approximate surface area is 150 Å². The van der Waals surface area contributed by atoms with Crippen molar-refractivity contribution in [3.05, 3.63) is 78.4 Å². The van der Waals surface area contributed by atoms with Gasteiger partial charge in [-0.15, -0.1) is 0 Å². The van der Waals surface area contributed by atoms with Gasteiger partial charge < -0.3 is 10.6 Å².